The van der Waals surface area contributed by atoms with Gasteiger partial charge in [-0.15, -0.1) is 0 Å². The first-order chi connectivity index (χ1) is 13.0. The molecular weight excluding hydrogens is 365 g/mol. The van der Waals surface area contributed by atoms with Crippen LogP contribution in [0.3, 0.4) is 0 Å². The van der Waals surface area contributed by atoms with E-state index in [9.17, 15) is 14.0 Å². The average molecular weight is 387 g/mol. The number of benzene rings is 1. The number of carbonyl (C=O) groups is 2. The number of hydrogen-bond acceptors (Lipinski definition) is 5. The van der Waals surface area contributed by atoms with Gasteiger partial charge in [0.2, 0.25) is 0 Å². The van der Waals surface area contributed by atoms with Crippen LogP contribution in [-0.4, -0.2) is 24.3 Å². The third-order valence-corrected chi connectivity index (χ3v) is 6.43. The number of esters is 1. The van der Waals surface area contributed by atoms with Gasteiger partial charge in [0.25, 0.3) is 0 Å². The minimum Gasteiger partial charge on any atom is -0.420 e. The second kappa shape index (κ2) is 7.60. The van der Waals surface area contributed by atoms with E-state index >= 15 is 0 Å². The van der Waals surface area contributed by atoms with Crippen LogP contribution in [0.1, 0.15) is 44.1 Å². The van der Waals surface area contributed by atoms with Gasteiger partial charge in [0.15, 0.2) is 5.09 Å². The van der Waals surface area contributed by atoms with E-state index in [0.717, 1.165) is 29.7 Å². The number of Topliss-reactive ketones (excluding diaryl/α,β-unsaturated/α-hetero) is 1. The number of rotatable bonds is 5. The van der Waals surface area contributed by atoms with E-state index in [-0.39, 0.29) is 29.5 Å². The lowest BCUT2D eigenvalue weighted by atomic mass is 9.79. The molecule has 2 heterocycles. The van der Waals surface area contributed by atoms with Crippen molar-refractivity contribution < 1.29 is 18.7 Å². The molecule has 1 aliphatic carbocycles. The molecule has 1 saturated carbocycles. The first kappa shape index (κ1) is 18.4. The predicted octanol–water partition coefficient (Wildman–Crippen LogP) is 4.05. The highest BCUT2D eigenvalue weighted by atomic mass is 32.2. The van der Waals surface area contributed by atoms with Crippen LogP contribution >= 0.6 is 11.8 Å². The van der Waals surface area contributed by atoms with Crippen molar-refractivity contribution in [1.29, 1.82) is 0 Å². The van der Waals surface area contributed by atoms with Gasteiger partial charge in [-0.3, -0.25) is 9.59 Å². The van der Waals surface area contributed by atoms with Crippen LogP contribution in [0.15, 0.2) is 45.9 Å². The van der Waals surface area contributed by atoms with Gasteiger partial charge in [0.05, 0.1) is 5.92 Å². The highest BCUT2D eigenvalue weighted by Crippen LogP contribution is 2.45. The zero-order valence-electron chi connectivity index (χ0n) is 15.2. The molecule has 6 heteroatoms. The Morgan fingerprint density at radius 1 is 1.30 bits per heavy atom. The van der Waals surface area contributed by atoms with Crippen molar-refractivity contribution in [3.8, 4) is 0 Å². The molecule has 3 aliphatic rings. The van der Waals surface area contributed by atoms with Crippen LogP contribution in [0.25, 0.3) is 0 Å². The zero-order valence-corrected chi connectivity index (χ0v) is 16.0. The Balaban J connectivity index is 1.67. The molecule has 2 aliphatic heterocycles. The normalized spacial score (nSPS) is 23.3. The number of ketones is 1. The number of ether oxygens (including phenoxy) is 1. The van der Waals surface area contributed by atoms with Gasteiger partial charge < -0.3 is 10.1 Å². The minimum absolute atomic E-state index is 0.0470. The SMILES string of the molecule is CC(=O)OC1=CCC2=C(CCNC2C(C(=O)C2CC2)c2ccccc2F)S1. The lowest BCUT2D eigenvalue weighted by Gasteiger charge is -2.36. The highest BCUT2D eigenvalue weighted by molar-refractivity contribution is 8.06. The van der Waals surface area contributed by atoms with Crippen LogP contribution < -0.4 is 5.32 Å². The van der Waals surface area contributed by atoms with E-state index in [1.54, 1.807) is 18.2 Å². The standard InChI is InChI=1S/C21H22FNO3S/c1-12(24)26-18-9-8-15-17(27-18)10-11-23-20(15)19(21(25)13-6-7-13)14-4-2-3-5-16(14)22/h2-5,9,13,19-20,23H,6-8,10-11H2,1H3. The molecular formula is C21H22FNO3S. The Morgan fingerprint density at radius 2 is 2.07 bits per heavy atom. The minimum atomic E-state index is -0.520. The van der Waals surface area contributed by atoms with Gasteiger partial charge >= 0.3 is 5.97 Å². The molecule has 27 heavy (non-hydrogen) atoms. The highest BCUT2D eigenvalue weighted by Gasteiger charge is 2.43. The maximum absolute atomic E-state index is 14.6. The number of nitrogens with one attached hydrogen (secondary N) is 1. The Kier molecular flexibility index (Phi) is 5.19. The Hall–Kier alpha value is -1.92. The molecule has 0 spiro atoms. The molecule has 1 aromatic rings. The molecule has 2 atom stereocenters. The quantitative estimate of drug-likeness (QED) is 0.773. The maximum atomic E-state index is 14.6. The first-order valence-electron chi connectivity index (χ1n) is 9.34. The van der Waals surface area contributed by atoms with Crippen LogP contribution in [0.4, 0.5) is 4.39 Å². The van der Waals surface area contributed by atoms with E-state index < -0.39 is 5.92 Å². The van der Waals surface area contributed by atoms with Gasteiger partial charge in [-0.1, -0.05) is 30.0 Å². The fourth-order valence-corrected chi connectivity index (χ4v) is 5.00. The monoisotopic (exact) mass is 387 g/mol. The molecule has 142 valence electrons. The number of thioether (sulfide) groups is 1. The van der Waals surface area contributed by atoms with Crippen molar-refractivity contribution in [1.82, 2.24) is 5.32 Å². The fraction of sp³-hybridized carbons (Fsp3) is 0.429. The van der Waals surface area contributed by atoms with Crippen LogP contribution in [0.5, 0.6) is 0 Å². The molecule has 0 amide bonds. The summed E-state index contributed by atoms with van der Waals surface area (Å²) in [6, 6.07) is 6.38. The summed E-state index contributed by atoms with van der Waals surface area (Å²) in [4.78, 5) is 25.5. The topological polar surface area (TPSA) is 55.4 Å². The summed E-state index contributed by atoms with van der Waals surface area (Å²) in [6.45, 7) is 2.10. The summed E-state index contributed by atoms with van der Waals surface area (Å²) >= 11 is 1.45. The number of hydrogen-bond donors (Lipinski definition) is 1. The molecule has 0 bridgehead atoms. The Labute approximate surface area is 162 Å². The zero-order chi connectivity index (χ0) is 19.0. The van der Waals surface area contributed by atoms with E-state index in [1.807, 2.05) is 6.08 Å². The van der Waals surface area contributed by atoms with Crippen molar-refractivity contribution in [3.63, 3.8) is 0 Å². The molecule has 1 N–H and O–H groups in total. The lowest BCUT2D eigenvalue weighted by Crippen LogP contribution is -2.44. The Bertz CT molecular complexity index is 844. The van der Waals surface area contributed by atoms with Crippen molar-refractivity contribution in [2.75, 3.05) is 6.54 Å². The van der Waals surface area contributed by atoms with E-state index in [4.69, 9.17) is 4.74 Å². The molecule has 0 aromatic heterocycles. The van der Waals surface area contributed by atoms with Gasteiger partial charge in [0, 0.05) is 31.0 Å². The maximum Gasteiger partial charge on any atom is 0.308 e. The number of halogens is 1. The average Bonchev–Trinajstić information content (AvgIpc) is 3.48. The van der Waals surface area contributed by atoms with Crippen molar-refractivity contribution in [3.05, 3.63) is 57.3 Å². The summed E-state index contributed by atoms with van der Waals surface area (Å²) in [5, 5.41) is 4.06. The van der Waals surface area contributed by atoms with Gasteiger partial charge in [0.1, 0.15) is 11.6 Å². The van der Waals surface area contributed by atoms with E-state index in [0.29, 0.717) is 23.6 Å². The van der Waals surface area contributed by atoms with E-state index in [2.05, 4.69) is 5.32 Å². The summed E-state index contributed by atoms with van der Waals surface area (Å²) < 4.78 is 19.8. The second-order valence-electron chi connectivity index (χ2n) is 7.23. The molecule has 1 fully saturated rings. The lowest BCUT2D eigenvalue weighted by molar-refractivity contribution is -0.135. The summed E-state index contributed by atoms with van der Waals surface area (Å²) in [6.07, 6.45) is 5.09. The molecule has 2 unspecified atom stereocenters. The second-order valence-corrected chi connectivity index (χ2v) is 8.33. The van der Waals surface area contributed by atoms with Crippen LogP contribution in [0.2, 0.25) is 0 Å². The van der Waals surface area contributed by atoms with Gasteiger partial charge in [-0.05, 0) is 48.3 Å². The summed E-state index contributed by atoms with van der Waals surface area (Å²) in [7, 11) is 0. The summed E-state index contributed by atoms with van der Waals surface area (Å²) in [5.41, 5.74) is 1.59. The molecule has 0 radical (unpaired) electrons. The van der Waals surface area contributed by atoms with Crippen LogP contribution in [0, 0.1) is 11.7 Å². The first-order valence-corrected chi connectivity index (χ1v) is 10.2. The third kappa shape index (κ3) is 3.87. The Morgan fingerprint density at radius 3 is 2.78 bits per heavy atom. The van der Waals surface area contributed by atoms with Crippen molar-refractivity contribution >= 4 is 23.5 Å². The molecule has 0 saturated heterocycles. The van der Waals surface area contributed by atoms with Crippen molar-refractivity contribution in [2.45, 2.75) is 44.6 Å². The summed E-state index contributed by atoms with van der Waals surface area (Å²) in [5.74, 6) is -1.01. The van der Waals surface area contributed by atoms with Crippen LogP contribution in [-0.2, 0) is 14.3 Å². The number of allylic oxidation sites excluding steroid dienone is 1. The molecule has 4 nitrogen and oxygen atoms in total. The third-order valence-electron chi connectivity index (χ3n) is 5.27. The van der Waals surface area contributed by atoms with Gasteiger partial charge in [-0.2, -0.15) is 0 Å². The fourth-order valence-electron chi connectivity index (χ4n) is 3.88. The van der Waals surface area contributed by atoms with Gasteiger partial charge in [-0.25, -0.2) is 4.39 Å². The predicted molar refractivity (Wildman–Crippen MR) is 102 cm³/mol. The largest absolute Gasteiger partial charge is 0.420 e. The van der Waals surface area contributed by atoms with Crippen molar-refractivity contribution in [2.24, 2.45) is 5.92 Å². The van der Waals surface area contributed by atoms with E-state index in [1.165, 1.54) is 24.8 Å². The molecule has 4 rings (SSSR count). The number of carbonyl (C=O) groups excluding carboxylic acids is 2. The molecule has 1 aromatic carbocycles. The smallest absolute Gasteiger partial charge is 0.308 e.